The van der Waals surface area contributed by atoms with E-state index in [4.69, 9.17) is 25.8 Å². The van der Waals surface area contributed by atoms with Crippen molar-refractivity contribution < 1.29 is 19.3 Å². The number of halogens is 1. The van der Waals surface area contributed by atoms with E-state index in [0.717, 1.165) is 62.1 Å². The van der Waals surface area contributed by atoms with Gasteiger partial charge >= 0.3 is 0 Å². The molecule has 2 aromatic rings. The van der Waals surface area contributed by atoms with Crippen molar-refractivity contribution in [3.05, 3.63) is 52.2 Å². The number of aliphatic hydroxyl groups is 1. The summed E-state index contributed by atoms with van der Waals surface area (Å²) in [4.78, 5) is 0. The van der Waals surface area contributed by atoms with Crippen LogP contribution in [0.15, 0.2) is 30.3 Å². The second kappa shape index (κ2) is 9.85. The Kier molecular flexibility index (Phi) is 6.98. The molecule has 156 valence electrons. The number of rotatable bonds is 6. The number of ether oxygens (including phenoxy) is 3. The van der Waals surface area contributed by atoms with Gasteiger partial charge < -0.3 is 19.3 Å². The molecule has 1 aromatic carbocycles. The molecule has 0 radical (unpaired) electrons. The second-order valence-corrected chi connectivity index (χ2v) is 8.09. The quantitative estimate of drug-likeness (QED) is 0.767. The zero-order chi connectivity index (χ0) is 20.1. The molecule has 2 aliphatic rings. The molecule has 1 N–H and O–H groups in total. The average molecular weight is 419 g/mol. The molecular formula is C22H27ClN2O4. The molecule has 1 aromatic heterocycles. The predicted molar refractivity (Wildman–Crippen MR) is 109 cm³/mol. The summed E-state index contributed by atoms with van der Waals surface area (Å²) in [6.07, 6.45) is 5.33. The third-order valence-corrected chi connectivity index (χ3v) is 5.89. The highest BCUT2D eigenvalue weighted by Crippen LogP contribution is 2.33. The maximum absolute atomic E-state index is 9.40. The van der Waals surface area contributed by atoms with Crippen molar-refractivity contribution in [2.75, 3.05) is 19.8 Å². The number of aromatic nitrogens is 2. The van der Waals surface area contributed by atoms with Crippen LogP contribution in [-0.2, 0) is 15.9 Å². The van der Waals surface area contributed by atoms with Crippen molar-refractivity contribution >= 4 is 11.6 Å². The van der Waals surface area contributed by atoms with E-state index in [-0.39, 0.29) is 24.9 Å². The van der Waals surface area contributed by atoms with E-state index in [1.165, 1.54) is 0 Å². The lowest BCUT2D eigenvalue weighted by Crippen LogP contribution is -2.26. The highest BCUT2D eigenvalue weighted by atomic mass is 35.5. The van der Waals surface area contributed by atoms with Gasteiger partial charge in [0.05, 0.1) is 37.7 Å². The van der Waals surface area contributed by atoms with Gasteiger partial charge in [-0.3, -0.25) is 0 Å². The number of nitrogens with zero attached hydrogens (tertiary/aromatic N) is 2. The smallest absolute Gasteiger partial charge is 0.233 e. The summed E-state index contributed by atoms with van der Waals surface area (Å²) in [6.45, 7) is 1.53. The number of aliphatic hydroxyl groups excluding tert-OH is 1. The summed E-state index contributed by atoms with van der Waals surface area (Å²) in [7, 11) is 0. The molecule has 2 fully saturated rings. The predicted octanol–water partition coefficient (Wildman–Crippen LogP) is 3.88. The Morgan fingerprint density at radius 1 is 1.07 bits per heavy atom. The molecule has 29 heavy (non-hydrogen) atoms. The van der Waals surface area contributed by atoms with E-state index >= 15 is 0 Å². The lowest BCUT2D eigenvalue weighted by Gasteiger charge is -2.29. The van der Waals surface area contributed by atoms with Crippen molar-refractivity contribution in [2.45, 2.75) is 56.8 Å². The minimum absolute atomic E-state index is 0.00162. The van der Waals surface area contributed by atoms with Gasteiger partial charge in [-0.1, -0.05) is 23.7 Å². The second-order valence-electron chi connectivity index (χ2n) is 7.68. The normalized spacial score (nSPS) is 23.1. The van der Waals surface area contributed by atoms with Gasteiger partial charge in [0.25, 0.3) is 0 Å². The number of benzene rings is 1. The van der Waals surface area contributed by atoms with Gasteiger partial charge in [-0.05, 0) is 42.5 Å². The minimum Gasteiger partial charge on any atom is -0.473 e. The zero-order valence-corrected chi connectivity index (χ0v) is 17.2. The van der Waals surface area contributed by atoms with Crippen molar-refractivity contribution in [2.24, 2.45) is 0 Å². The van der Waals surface area contributed by atoms with E-state index in [9.17, 15) is 5.11 Å². The highest BCUT2D eigenvalue weighted by Gasteiger charge is 2.23. The Morgan fingerprint density at radius 3 is 2.69 bits per heavy atom. The topological polar surface area (TPSA) is 73.7 Å². The van der Waals surface area contributed by atoms with Crippen LogP contribution in [0.1, 0.15) is 55.0 Å². The molecule has 0 amide bonds. The fourth-order valence-electron chi connectivity index (χ4n) is 3.87. The molecule has 0 saturated carbocycles. The third-order valence-electron chi connectivity index (χ3n) is 5.52. The molecule has 3 heterocycles. The Hall–Kier alpha value is -1.73. The van der Waals surface area contributed by atoms with Crippen LogP contribution in [0, 0.1) is 0 Å². The SMILES string of the molecule is OC[C@H]1CCC[C@@H](c2ccc(Cl)c(Cc3ccc(OC4CCOCC4)nn3)c2)O1. The Balaban J connectivity index is 1.42. The molecule has 2 atom stereocenters. The van der Waals surface area contributed by atoms with E-state index in [0.29, 0.717) is 17.3 Å². The average Bonchev–Trinajstić information content (AvgIpc) is 2.77. The van der Waals surface area contributed by atoms with Crippen molar-refractivity contribution in [1.82, 2.24) is 10.2 Å². The lowest BCUT2D eigenvalue weighted by molar-refractivity contribution is -0.0737. The molecule has 0 aliphatic carbocycles. The summed E-state index contributed by atoms with van der Waals surface area (Å²) < 4.78 is 17.2. The molecule has 0 spiro atoms. The van der Waals surface area contributed by atoms with Crippen LogP contribution in [0.3, 0.4) is 0 Å². The highest BCUT2D eigenvalue weighted by molar-refractivity contribution is 6.31. The Morgan fingerprint density at radius 2 is 1.93 bits per heavy atom. The van der Waals surface area contributed by atoms with Crippen LogP contribution in [-0.4, -0.2) is 47.3 Å². The van der Waals surface area contributed by atoms with E-state index in [1.807, 2.05) is 24.3 Å². The van der Waals surface area contributed by atoms with Crippen LogP contribution in [0.5, 0.6) is 5.88 Å². The first-order valence-electron chi connectivity index (χ1n) is 10.3. The standard InChI is InChI=1S/C22H27ClN2O4/c23-20-6-4-15(21-3-1-2-19(14-26)28-21)12-16(20)13-17-5-7-22(25-24-17)29-18-8-10-27-11-9-18/h4-7,12,18-19,21,26H,1-3,8-11,13-14H2/t19-,21+/m1/s1. The molecule has 2 saturated heterocycles. The molecule has 0 unspecified atom stereocenters. The van der Waals surface area contributed by atoms with Gasteiger partial charge in [0.1, 0.15) is 6.10 Å². The van der Waals surface area contributed by atoms with Crippen molar-refractivity contribution in [1.29, 1.82) is 0 Å². The monoisotopic (exact) mass is 418 g/mol. The Labute approximate surface area is 176 Å². The van der Waals surface area contributed by atoms with Crippen molar-refractivity contribution in [3.63, 3.8) is 0 Å². The lowest BCUT2D eigenvalue weighted by atomic mass is 9.96. The van der Waals surface area contributed by atoms with Gasteiger partial charge in [0.15, 0.2) is 0 Å². The van der Waals surface area contributed by atoms with Gasteiger partial charge in [0.2, 0.25) is 5.88 Å². The fourth-order valence-corrected chi connectivity index (χ4v) is 4.06. The molecule has 4 rings (SSSR count). The summed E-state index contributed by atoms with van der Waals surface area (Å²) in [5.41, 5.74) is 2.92. The van der Waals surface area contributed by atoms with Gasteiger partial charge in [-0.25, -0.2) is 0 Å². The number of hydrogen-bond donors (Lipinski definition) is 1. The largest absolute Gasteiger partial charge is 0.473 e. The van der Waals surface area contributed by atoms with E-state index in [2.05, 4.69) is 16.3 Å². The van der Waals surface area contributed by atoms with Crippen LogP contribution in [0.2, 0.25) is 5.02 Å². The van der Waals surface area contributed by atoms with E-state index < -0.39 is 0 Å². The summed E-state index contributed by atoms with van der Waals surface area (Å²) in [6, 6.07) is 9.80. The molecule has 6 nitrogen and oxygen atoms in total. The summed E-state index contributed by atoms with van der Waals surface area (Å²) in [5, 5.41) is 18.6. The third kappa shape index (κ3) is 5.45. The van der Waals surface area contributed by atoms with Gasteiger partial charge in [-0.2, -0.15) is 5.10 Å². The maximum atomic E-state index is 9.40. The van der Waals surface area contributed by atoms with Crippen LogP contribution < -0.4 is 4.74 Å². The fraction of sp³-hybridized carbons (Fsp3) is 0.545. The maximum Gasteiger partial charge on any atom is 0.233 e. The molecular weight excluding hydrogens is 392 g/mol. The number of hydrogen-bond acceptors (Lipinski definition) is 6. The van der Waals surface area contributed by atoms with Gasteiger partial charge in [0, 0.05) is 30.4 Å². The van der Waals surface area contributed by atoms with Crippen LogP contribution in [0.4, 0.5) is 0 Å². The van der Waals surface area contributed by atoms with Crippen molar-refractivity contribution in [3.8, 4) is 5.88 Å². The molecule has 2 aliphatic heterocycles. The zero-order valence-electron chi connectivity index (χ0n) is 16.4. The molecule has 0 bridgehead atoms. The van der Waals surface area contributed by atoms with Crippen LogP contribution in [0.25, 0.3) is 0 Å². The Bertz CT molecular complexity index is 796. The first kappa shape index (κ1) is 20.5. The van der Waals surface area contributed by atoms with Crippen LogP contribution >= 0.6 is 11.6 Å². The summed E-state index contributed by atoms with van der Waals surface area (Å²) >= 11 is 6.44. The van der Waals surface area contributed by atoms with E-state index in [1.54, 1.807) is 0 Å². The molecule has 7 heteroatoms. The van der Waals surface area contributed by atoms with Gasteiger partial charge in [-0.15, -0.1) is 5.10 Å². The first-order chi connectivity index (χ1) is 14.2. The first-order valence-corrected chi connectivity index (χ1v) is 10.7. The summed E-state index contributed by atoms with van der Waals surface area (Å²) in [5.74, 6) is 0.547. The minimum atomic E-state index is -0.0815.